The molecule has 1 fully saturated rings. The Hall–Kier alpha value is -2.44. The maximum Gasteiger partial charge on any atom is 0.255 e. The van der Waals surface area contributed by atoms with Crippen molar-refractivity contribution in [1.82, 2.24) is 15.8 Å². The summed E-state index contributed by atoms with van der Waals surface area (Å²) >= 11 is 0. The number of halogens is 1. The van der Waals surface area contributed by atoms with Gasteiger partial charge in [-0.1, -0.05) is 37.1 Å². The fourth-order valence-corrected chi connectivity index (χ4v) is 3.64. The maximum atomic E-state index is 13.0. The van der Waals surface area contributed by atoms with E-state index in [0.717, 1.165) is 44.2 Å². The number of carbonyl (C=O) groups excluding carboxylic acids is 1. The molecule has 150 valence electrons. The number of nitrogens with zero attached hydrogens (tertiary/aromatic N) is 1. The number of amides is 1. The van der Waals surface area contributed by atoms with Crippen molar-refractivity contribution < 1.29 is 9.18 Å². The molecule has 6 heteroatoms. The topological polar surface area (TPSA) is 70.4 Å². The van der Waals surface area contributed by atoms with Gasteiger partial charge in [0.15, 0.2) is 0 Å². The molecule has 1 aliphatic heterocycles. The summed E-state index contributed by atoms with van der Waals surface area (Å²) < 4.78 is 13.0. The molecule has 1 saturated heterocycles. The van der Waals surface area contributed by atoms with Crippen LogP contribution in [0.25, 0.3) is 0 Å². The van der Waals surface area contributed by atoms with Gasteiger partial charge in [0, 0.05) is 31.4 Å². The van der Waals surface area contributed by atoms with E-state index in [2.05, 4.69) is 10.9 Å². The van der Waals surface area contributed by atoms with Gasteiger partial charge in [0.2, 0.25) is 0 Å². The van der Waals surface area contributed by atoms with Crippen LogP contribution in [0.5, 0.6) is 0 Å². The molecular weight excluding hydrogens is 355 g/mol. The normalized spacial score (nSPS) is 18.9. The number of para-hydroxylation sites is 1. The lowest BCUT2D eigenvalue weighted by atomic mass is 9.99. The summed E-state index contributed by atoms with van der Waals surface area (Å²) in [6, 6.07) is 14.5. The minimum atomic E-state index is -0.204. The molecule has 1 amide bonds. The van der Waals surface area contributed by atoms with E-state index in [4.69, 9.17) is 5.73 Å². The molecule has 2 aromatic rings. The number of carbonyl (C=O) groups is 1. The molecule has 0 bridgehead atoms. The van der Waals surface area contributed by atoms with Gasteiger partial charge in [0.05, 0.1) is 5.56 Å². The van der Waals surface area contributed by atoms with Gasteiger partial charge in [0.1, 0.15) is 5.82 Å². The Morgan fingerprint density at radius 2 is 1.86 bits per heavy atom. The Balaban J connectivity index is 1.33. The van der Waals surface area contributed by atoms with Crippen molar-refractivity contribution >= 4 is 11.6 Å². The number of rotatable bonds is 8. The van der Waals surface area contributed by atoms with Crippen molar-refractivity contribution in [2.45, 2.75) is 44.2 Å². The second-order valence-corrected chi connectivity index (χ2v) is 7.49. The Kier molecular flexibility index (Phi) is 7.01. The van der Waals surface area contributed by atoms with Crippen molar-refractivity contribution in [1.29, 1.82) is 0 Å². The Morgan fingerprint density at radius 3 is 2.61 bits per heavy atom. The average molecular weight is 384 g/mol. The van der Waals surface area contributed by atoms with E-state index >= 15 is 0 Å². The zero-order chi connectivity index (χ0) is 19.9. The summed E-state index contributed by atoms with van der Waals surface area (Å²) in [5, 5.41) is 0. The Labute approximate surface area is 166 Å². The summed E-state index contributed by atoms with van der Waals surface area (Å²) in [7, 11) is 1.82. The molecule has 4 N–H and O–H groups in total. The molecule has 28 heavy (non-hydrogen) atoms. The minimum absolute atomic E-state index is 0.0260. The van der Waals surface area contributed by atoms with E-state index in [1.165, 1.54) is 12.1 Å². The number of benzene rings is 2. The molecule has 0 saturated carbocycles. The standard InChI is InChI=1S/C22H29FN4O/c1-27(22(28)19-8-4-5-9-20(19)24)14-6-2-3-7-18-15-21(26-25-18)16-10-12-17(23)13-11-16/h4-5,8-13,18,21,25-26H,2-3,6-7,14-15,24H2,1H3. The van der Waals surface area contributed by atoms with Crippen LogP contribution >= 0.6 is 0 Å². The molecule has 0 aromatic heterocycles. The van der Waals surface area contributed by atoms with E-state index in [9.17, 15) is 9.18 Å². The minimum Gasteiger partial charge on any atom is -0.398 e. The molecule has 0 spiro atoms. The molecular formula is C22H29FN4O. The van der Waals surface area contributed by atoms with Crippen LogP contribution in [0, 0.1) is 5.82 Å². The monoisotopic (exact) mass is 384 g/mol. The predicted molar refractivity (Wildman–Crippen MR) is 110 cm³/mol. The lowest BCUT2D eigenvalue weighted by Crippen LogP contribution is -2.31. The molecule has 0 radical (unpaired) electrons. The van der Waals surface area contributed by atoms with Crippen LogP contribution in [0.4, 0.5) is 10.1 Å². The highest BCUT2D eigenvalue weighted by molar-refractivity contribution is 5.98. The third kappa shape index (κ3) is 5.30. The van der Waals surface area contributed by atoms with Crippen LogP contribution in [0.15, 0.2) is 48.5 Å². The predicted octanol–water partition coefficient (Wildman–Crippen LogP) is 3.65. The second kappa shape index (κ2) is 9.66. The van der Waals surface area contributed by atoms with Crippen molar-refractivity contribution in [3.05, 3.63) is 65.5 Å². The molecule has 1 aliphatic rings. The van der Waals surface area contributed by atoms with Gasteiger partial charge in [0.25, 0.3) is 5.91 Å². The number of hydrogen-bond donors (Lipinski definition) is 3. The first-order chi connectivity index (χ1) is 13.5. The van der Waals surface area contributed by atoms with Crippen molar-refractivity contribution in [3.63, 3.8) is 0 Å². The van der Waals surface area contributed by atoms with Crippen LogP contribution in [0.2, 0.25) is 0 Å². The van der Waals surface area contributed by atoms with Crippen molar-refractivity contribution in [2.24, 2.45) is 0 Å². The highest BCUT2D eigenvalue weighted by atomic mass is 19.1. The van der Waals surface area contributed by atoms with Crippen molar-refractivity contribution in [3.8, 4) is 0 Å². The average Bonchev–Trinajstić information content (AvgIpc) is 3.17. The van der Waals surface area contributed by atoms with Gasteiger partial charge in [-0.25, -0.2) is 4.39 Å². The number of nitrogens with two attached hydrogens (primary N) is 1. The third-order valence-corrected chi connectivity index (χ3v) is 5.34. The van der Waals surface area contributed by atoms with Crippen LogP contribution in [0.1, 0.15) is 54.1 Å². The molecule has 2 atom stereocenters. The third-order valence-electron chi connectivity index (χ3n) is 5.34. The highest BCUT2D eigenvalue weighted by Crippen LogP contribution is 2.24. The first kappa shape index (κ1) is 20.3. The van der Waals surface area contributed by atoms with E-state index in [-0.39, 0.29) is 17.8 Å². The summed E-state index contributed by atoms with van der Waals surface area (Å²) in [6.07, 6.45) is 5.22. The van der Waals surface area contributed by atoms with Gasteiger partial charge in [-0.15, -0.1) is 0 Å². The SMILES string of the molecule is CN(CCCCCC1CC(c2ccc(F)cc2)NN1)C(=O)c1ccccc1N. The zero-order valence-corrected chi connectivity index (χ0v) is 16.3. The van der Waals surface area contributed by atoms with Gasteiger partial charge in [-0.3, -0.25) is 15.6 Å². The van der Waals surface area contributed by atoms with Gasteiger partial charge < -0.3 is 10.6 Å². The van der Waals surface area contributed by atoms with Crippen molar-refractivity contribution in [2.75, 3.05) is 19.3 Å². The van der Waals surface area contributed by atoms with Crippen LogP contribution < -0.4 is 16.6 Å². The van der Waals surface area contributed by atoms with Gasteiger partial charge >= 0.3 is 0 Å². The number of anilines is 1. The van der Waals surface area contributed by atoms with Crippen LogP contribution in [-0.4, -0.2) is 30.4 Å². The number of hydrogen-bond acceptors (Lipinski definition) is 4. The van der Waals surface area contributed by atoms with E-state index in [0.29, 0.717) is 17.3 Å². The molecule has 3 rings (SSSR count). The molecule has 2 aromatic carbocycles. The summed E-state index contributed by atoms with van der Waals surface area (Å²) in [6.45, 7) is 0.724. The van der Waals surface area contributed by atoms with Crippen LogP contribution in [0.3, 0.4) is 0 Å². The van der Waals surface area contributed by atoms with E-state index in [1.807, 2.05) is 31.3 Å². The molecule has 5 nitrogen and oxygen atoms in total. The number of nitrogen functional groups attached to an aromatic ring is 1. The lowest BCUT2D eigenvalue weighted by Gasteiger charge is -2.18. The van der Waals surface area contributed by atoms with E-state index < -0.39 is 0 Å². The Morgan fingerprint density at radius 1 is 1.11 bits per heavy atom. The lowest BCUT2D eigenvalue weighted by molar-refractivity contribution is 0.0793. The number of hydrazine groups is 1. The van der Waals surface area contributed by atoms with Gasteiger partial charge in [-0.05, 0) is 49.1 Å². The fraction of sp³-hybridized carbons (Fsp3) is 0.409. The summed E-state index contributed by atoms with van der Waals surface area (Å²) in [5.41, 5.74) is 14.7. The zero-order valence-electron chi connectivity index (χ0n) is 16.3. The first-order valence-electron chi connectivity index (χ1n) is 9.91. The second-order valence-electron chi connectivity index (χ2n) is 7.49. The summed E-state index contributed by atoms with van der Waals surface area (Å²) in [4.78, 5) is 14.2. The van der Waals surface area contributed by atoms with Gasteiger partial charge in [-0.2, -0.15) is 0 Å². The number of unbranched alkanes of at least 4 members (excludes halogenated alkanes) is 2. The molecule has 2 unspecified atom stereocenters. The molecule has 1 heterocycles. The quantitative estimate of drug-likeness (QED) is 0.480. The first-order valence-corrected chi connectivity index (χ1v) is 9.91. The largest absolute Gasteiger partial charge is 0.398 e. The van der Waals surface area contributed by atoms with Crippen LogP contribution in [-0.2, 0) is 0 Å². The number of nitrogens with one attached hydrogen (secondary N) is 2. The highest BCUT2D eigenvalue weighted by Gasteiger charge is 2.24. The molecule has 0 aliphatic carbocycles. The van der Waals surface area contributed by atoms with E-state index in [1.54, 1.807) is 17.0 Å². The smallest absolute Gasteiger partial charge is 0.255 e. The maximum absolute atomic E-state index is 13.0. The summed E-state index contributed by atoms with van der Waals surface area (Å²) in [5.74, 6) is -0.230. The fourth-order valence-electron chi connectivity index (χ4n) is 3.64. The Bertz CT molecular complexity index is 780.